The van der Waals surface area contributed by atoms with E-state index in [1.54, 1.807) is 22.8 Å². The molecule has 0 aliphatic carbocycles. The molecule has 1 aliphatic heterocycles. The Morgan fingerprint density at radius 1 is 1.33 bits per heavy atom. The number of benzene rings is 1. The van der Waals surface area contributed by atoms with Crippen molar-refractivity contribution in [3.05, 3.63) is 46.0 Å². The molecular formula is C12H10FNO. The fourth-order valence-electron chi connectivity index (χ4n) is 2.42. The first-order valence-electron chi connectivity index (χ1n) is 5.01. The van der Waals surface area contributed by atoms with Crippen LogP contribution in [0.5, 0.6) is 0 Å². The van der Waals surface area contributed by atoms with Crippen molar-refractivity contribution in [2.45, 2.75) is 19.4 Å². The summed E-state index contributed by atoms with van der Waals surface area (Å²) < 4.78 is 15.2. The van der Waals surface area contributed by atoms with Gasteiger partial charge in [0.1, 0.15) is 5.82 Å². The first-order chi connectivity index (χ1) is 7.18. The van der Waals surface area contributed by atoms with E-state index in [-0.39, 0.29) is 17.4 Å². The lowest BCUT2D eigenvalue weighted by Gasteiger charge is -2.07. The lowest BCUT2D eigenvalue weighted by molar-refractivity contribution is 0.561. The number of pyridine rings is 1. The zero-order chi connectivity index (χ0) is 10.6. The Bertz CT molecular complexity index is 615. The van der Waals surface area contributed by atoms with Crippen molar-refractivity contribution in [1.82, 2.24) is 4.57 Å². The highest BCUT2D eigenvalue weighted by Gasteiger charge is 2.23. The third kappa shape index (κ3) is 1.00. The lowest BCUT2D eigenvalue weighted by Crippen LogP contribution is -2.19. The summed E-state index contributed by atoms with van der Waals surface area (Å²) in [5.41, 5.74) is 1.41. The maximum atomic E-state index is 13.5. The van der Waals surface area contributed by atoms with Crippen LogP contribution in [0, 0.1) is 5.82 Å². The number of halogens is 1. The van der Waals surface area contributed by atoms with Crippen LogP contribution in [0.1, 0.15) is 18.5 Å². The van der Waals surface area contributed by atoms with Gasteiger partial charge in [0.2, 0.25) is 0 Å². The molecule has 2 nitrogen and oxygen atoms in total. The van der Waals surface area contributed by atoms with Crippen LogP contribution >= 0.6 is 0 Å². The van der Waals surface area contributed by atoms with E-state index in [1.807, 2.05) is 6.92 Å². The maximum absolute atomic E-state index is 13.5. The SMILES string of the molecule is CC1Cc2c(F)ccc3ccc(=O)n1c23. The molecule has 0 amide bonds. The van der Waals surface area contributed by atoms with Gasteiger partial charge >= 0.3 is 0 Å². The zero-order valence-corrected chi connectivity index (χ0v) is 8.33. The minimum Gasteiger partial charge on any atom is -0.305 e. The average molecular weight is 203 g/mol. The van der Waals surface area contributed by atoms with E-state index in [1.165, 1.54) is 6.07 Å². The van der Waals surface area contributed by atoms with Gasteiger partial charge in [0.05, 0.1) is 5.52 Å². The molecule has 76 valence electrons. The third-order valence-electron chi connectivity index (χ3n) is 3.08. The minimum absolute atomic E-state index is 0.0423. The van der Waals surface area contributed by atoms with E-state index in [9.17, 15) is 9.18 Å². The predicted molar refractivity (Wildman–Crippen MR) is 56.6 cm³/mol. The Balaban J connectivity index is 2.59. The largest absolute Gasteiger partial charge is 0.305 e. The van der Waals surface area contributed by atoms with Gasteiger partial charge in [0.25, 0.3) is 5.56 Å². The summed E-state index contributed by atoms with van der Waals surface area (Å²) in [6, 6.07) is 6.57. The fraction of sp³-hybridized carbons (Fsp3) is 0.250. The van der Waals surface area contributed by atoms with Crippen molar-refractivity contribution in [1.29, 1.82) is 0 Å². The minimum atomic E-state index is -0.203. The summed E-state index contributed by atoms with van der Waals surface area (Å²) in [6.07, 6.45) is 0.614. The molecule has 15 heavy (non-hydrogen) atoms. The molecule has 1 aliphatic rings. The van der Waals surface area contributed by atoms with Gasteiger partial charge in [0.15, 0.2) is 0 Å². The Morgan fingerprint density at radius 2 is 2.07 bits per heavy atom. The van der Waals surface area contributed by atoms with Crippen LogP contribution in [-0.4, -0.2) is 4.57 Å². The molecule has 2 aromatic rings. The van der Waals surface area contributed by atoms with Crippen molar-refractivity contribution in [2.75, 3.05) is 0 Å². The molecule has 0 radical (unpaired) electrons. The molecule has 0 fully saturated rings. The van der Waals surface area contributed by atoms with Gasteiger partial charge in [-0.25, -0.2) is 4.39 Å². The van der Waals surface area contributed by atoms with Gasteiger partial charge in [-0.1, -0.05) is 0 Å². The quantitative estimate of drug-likeness (QED) is 0.643. The van der Waals surface area contributed by atoms with E-state index in [0.717, 1.165) is 10.9 Å². The molecule has 0 N–H and O–H groups in total. The van der Waals surface area contributed by atoms with Gasteiger partial charge in [-0.05, 0) is 36.9 Å². The molecule has 0 saturated heterocycles. The summed E-state index contributed by atoms with van der Waals surface area (Å²) >= 11 is 0. The second-order valence-electron chi connectivity index (χ2n) is 4.06. The summed E-state index contributed by atoms with van der Waals surface area (Å²) in [5.74, 6) is -0.203. The van der Waals surface area contributed by atoms with E-state index < -0.39 is 0 Å². The van der Waals surface area contributed by atoms with E-state index in [2.05, 4.69) is 0 Å². The second-order valence-corrected chi connectivity index (χ2v) is 4.06. The van der Waals surface area contributed by atoms with Crippen molar-refractivity contribution in [3.63, 3.8) is 0 Å². The van der Waals surface area contributed by atoms with Gasteiger partial charge in [-0.2, -0.15) is 0 Å². The van der Waals surface area contributed by atoms with Crippen molar-refractivity contribution >= 4 is 10.9 Å². The molecular weight excluding hydrogens is 193 g/mol. The normalized spacial score (nSPS) is 18.7. The standard InChI is InChI=1S/C12H10FNO/c1-7-6-9-10(13)4-2-8-3-5-11(15)14(7)12(8)9/h2-5,7H,6H2,1H3. The highest BCUT2D eigenvalue weighted by Crippen LogP contribution is 2.31. The zero-order valence-electron chi connectivity index (χ0n) is 8.33. The molecule has 1 atom stereocenters. The van der Waals surface area contributed by atoms with Crippen LogP contribution in [0.15, 0.2) is 29.1 Å². The highest BCUT2D eigenvalue weighted by molar-refractivity contribution is 5.84. The van der Waals surface area contributed by atoms with E-state index in [4.69, 9.17) is 0 Å². The van der Waals surface area contributed by atoms with Gasteiger partial charge in [-0.15, -0.1) is 0 Å². The molecule has 3 rings (SSSR count). The van der Waals surface area contributed by atoms with Crippen LogP contribution in [0.3, 0.4) is 0 Å². The molecule has 2 heterocycles. The third-order valence-corrected chi connectivity index (χ3v) is 3.08. The molecule has 0 bridgehead atoms. The van der Waals surface area contributed by atoms with E-state index in [0.29, 0.717) is 12.0 Å². The van der Waals surface area contributed by atoms with Crippen LogP contribution in [0.2, 0.25) is 0 Å². The first kappa shape index (κ1) is 8.65. The molecule has 0 saturated carbocycles. The van der Waals surface area contributed by atoms with Gasteiger partial charge in [0, 0.05) is 17.7 Å². The predicted octanol–water partition coefficient (Wildman–Crippen LogP) is 2.26. The summed E-state index contributed by atoms with van der Waals surface area (Å²) in [5, 5.41) is 0.940. The van der Waals surface area contributed by atoms with Crippen molar-refractivity contribution in [2.24, 2.45) is 0 Å². The molecule has 3 heteroatoms. The second kappa shape index (κ2) is 2.69. The van der Waals surface area contributed by atoms with Crippen LogP contribution in [0.4, 0.5) is 4.39 Å². The van der Waals surface area contributed by atoms with Crippen LogP contribution in [0.25, 0.3) is 10.9 Å². The molecule has 1 aromatic carbocycles. The van der Waals surface area contributed by atoms with Gasteiger partial charge in [-0.3, -0.25) is 4.79 Å². The summed E-state index contributed by atoms with van der Waals surface area (Å²) in [7, 11) is 0. The monoisotopic (exact) mass is 203 g/mol. The number of aromatic nitrogens is 1. The number of nitrogens with zero attached hydrogens (tertiary/aromatic N) is 1. The van der Waals surface area contributed by atoms with Crippen LogP contribution < -0.4 is 5.56 Å². The maximum Gasteiger partial charge on any atom is 0.251 e. The number of rotatable bonds is 0. The molecule has 1 unspecified atom stereocenters. The summed E-state index contributed by atoms with van der Waals surface area (Å²) in [4.78, 5) is 11.7. The van der Waals surface area contributed by atoms with Gasteiger partial charge < -0.3 is 4.57 Å². The van der Waals surface area contributed by atoms with Crippen molar-refractivity contribution < 1.29 is 4.39 Å². The molecule has 1 aromatic heterocycles. The Labute approximate surface area is 86.0 Å². The Kier molecular flexibility index (Phi) is 1.55. The van der Waals surface area contributed by atoms with Crippen LogP contribution in [-0.2, 0) is 6.42 Å². The highest BCUT2D eigenvalue weighted by atomic mass is 19.1. The Hall–Kier alpha value is -1.64. The van der Waals surface area contributed by atoms with Crippen molar-refractivity contribution in [3.8, 4) is 0 Å². The number of hydrogen-bond acceptors (Lipinski definition) is 1. The molecule has 0 spiro atoms. The first-order valence-corrected chi connectivity index (χ1v) is 5.01. The smallest absolute Gasteiger partial charge is 0.251 e. The van der Waals surface area contributed by atoms with E-state index >= 15 is 0 Å². The fourth-order valence-corrected chi connectivity index (χ4v) is 2.42. The average Bonchev–Trinajstić information content (AvgIpc) is 2.56. The Morgan fingerprint density at radius 3 is 2.87 bits per heavy atom. The lowest BCUT2D eigenvalue weighted by atomic mass is 10.1. The number of hydrogen-bond donors (Lipinski definition) is 0. The summed E-state index contributed by atoms with van der Waals surface area (Å²) in [6.45, 7) is 1.94. The topological polar surface area (TPSA) is 22.0 Å².